The normalized spacial score (nSPS) is 12.4. The summed E-state index contributed by atoms with van der Waals surface area (Å²) in [7, 11) is 0. The first-order chi connectivity index (χ1) is 18.1. The van der Waals surface area contributed by atoms with Crippen LogP contribution in [0.2, 0.25) is 0 Å². The highest BCUT2D eigenvalue weighted by atomic mass is 32.1. The second-order valence-electron chi connectivity index (χ2n) is 12.0. The van der Waals surface area contributed by atoms with Crippen LogP contribution < -0.4 is 0 Å². The number of aromatic nitrogens is 1. The molecule has 0 radical (unpaired) electrons. The molecule has 0 saturated heterocycles. The average Bonchev–Trinajstić information content (AvgIpc) is 3.38. The lowest BCUT2D eigenvalue weighted by Crippen LogP contribution is -2.12. The largest absolute Gasteiger partial charge is 0.256 e. The molecule has 6 aromatic rings. The Morgan fingerprint density at radius 3 is 2.37 bits per heavy atom. The third kappa shape index (κ3) is 4.26. The minimum atomic E-state index is 0.0418. The molecule has 0 aliphatic heterocycles. The molecule has 0 atom stereocenters. The molecule has 0 aliphatic carbocycles. The van der Waals surface area contributed by atoms with Crippen molar-refractivity contribution in [2.45, 2.75) is 60.3 Å². The summed E-state index contributed by atoms with van der Waals surface area (Å²) < 4.78 is 2.70. The smallest absolute Gasteiger partial charge is 0.0791 e. The second-order valence-corrected chi connectivity index (χ2v) is 14.3. The van der Waals surface area contributed by atoms with Crippen LogP contribution in [0, 0.1) is 19.8 Å². The molecule has 0 unspecified atom stereocenters. The topological polar surface area (TPSA) is 12.9 Å². The Morgan fingerprint density at radius 1 is 0.816 bits per heavy atom. The van der Waals surface area contributed by atoms with E-state index in [2.05, 4.69) is 109 Å². The summed E-state index contributed by atoms with van der Waals surface area (Å²) in [5.74, 6) is 0.648. The number of aryl methyl sites for hydroxylation is 2. The van der Waals surface area contributed by atoms with Gasteiger partial charge in [0.2, 0.25) is 0 Å². The predicted octanol–water partition coefficient (Wildman–Crippen LogP) is 11.1. The van der Waals surface area contributed by atoms with Crippen LogP contribution >= 0.6 is 22.7 Å². The van der Waals surface area contributed by atoms with E-state index in [0.29, 0.717) is 5.92 Å². The lowest BCUT2D eigenvalue weighted by atomic mass is 9.82. The van der Waals surface area contributed by atoms with Gasteiger partial charge >= 0.3 is 0 Å². The van der Waals surface area contributed by atoms with Crippen LogP contribution in [0.1, 0.15) is 56.2 Å². The van der Waals surface area contributed by atoms with Gasteiger partial charge in [-0.3, -0.25) is 4.98 Å². The summed E-state index contributed by atoms with van der Waals surface area (Å²) in [4.78, 5) is 7.79. The van der Waals surface area contributed by atoms with Crippen molar-refractivity contribution in [1.29, 1.82) is 0 Å². The van der Waals surface area contributed by atoms with Gasteiger partial charge in [0.15, 0.2) is 0 Å². The summed E-state index contributed by atoms with van der Waals surface area (Å²) in [6.45, 7) is 16.1. The van der Waals surface area contributed by atoms with E-state index in [4.69, 9.17) is 4.98 Å². The van der Waals surface area contributed by atoms with E-state index in [1.807, 2.05) is 28.9 Å². The Labute approximate surface area is 234 Å². The van der Waals surface area contributed by atoms with Crippen LogP contribution in [0.5, 0.6) is 0 Å². The zero-order valence-corrected chi connectivity index (χ0v) is 25.0. The molecule has 3 aromatic carbocycles. The van der Waals surface area contributed by atoms with Crippen LogP contribution in [0.25, 0.3) is 52.6 Å². The molecule has 0 saturated carbocycles. The fourth-order valence-corrected chi connectivity index (χ4v) is 8.10. The Kier molecular flexibility index (Phi) is 6.20. The maximum absolute atomic E-state index is 4.98. The number of rotatable bonds is 4. The Hall–Kier alpha value is -3.01. The molecule has 0 spiro atoms. The molecule has 192 valence electrons. The van der Waals surface area contributed by atoms with E-state index < -0.39 is 0 Å². The zero-order valence-electron chi connectivity index (χ0n) is 23.4. The molecule has 0 bridgehead atoms. The van der Waals surface area contributed by atoms with E-state index in [1.54, 1.807) is 0 Å². The van der Waals surface area contributed by atoms with Gasteiger partial charge < -0.3 is 0 Å². The van der Waals surface area contributed by atoms with Gasteiger partial charge in [0, 0.05) is 36.3 Å². The van der Waals surface area contributed by atoms with Crippen molar-refractivity contribution in [2.75, 3.05) is 0 Å². The highest BCUT2D eigenvalue weighted by molar-refractivity contribution is 7.22. The molecule has 0 N–H and O–H groups in total. The quantitative estimate of drug-likeness (QED) is 0.220. The van der Waals surface area contributed by atoms with Crippen LogP contribution in [0.3, 0.4) is 0 Å². The summed E-state index contributed by atoms with van der Waals surface area (Å²) in [5, 5.41) is 5.32. The van der Waals surface area contributed by atoms with Crippen molar-refractivity contribution < 1.29 is 0 Å². The highest BCUT2D eigenvalue weighted by Crippen LogP contribution is 2.45. The van der Waals surface area contributed by atoms with Gasteiger partial charge in [0.1, 0.15) is 0 Å². The molecular formula is C35H35NS2. The molecule has 0 amide bonds. The van der Waals surface area contributed by atoms with Crippen LogP contribution in [-0.2, 0) is 11.8 Å². The molecule has 3 heterocycles. The van der Waals surface area contributed by atoms with Gasteiger partial charge in [0.05, 0.1) is 5.69 Å². The summed E-state index contributed by atoms with van der Waals surface area (Å²) in [5.41, 5.74) is 7.87. The third-order valence-electron chi connectivity index (χ3n) is 7.65. The van der Waals surface area contributed by atoms with Gasteiger partial charge in [-0.25, -0.2) is 0 Å². The number of nitrogens with zero attached hydrogens (tertiary/aromatic N) is 1. The Bertz CT molecular complexity index is 1820. The van der Waals surface area contributed by atoms with Crippen molar-refractivity contribution in [3.63, 3.8) is 0 Å². The molecular weight excluding hydrogens is 499 g/mol. The first kappa shape index (κ1) is 25.3. The Balaban J connectivity index is 1.56. The van der Waals surface area contributed by atoms with Gasteiger partial charge in [-0.05, 0) is 100 Å². The maximum Gasteiger partial charge on any atom is 0.0791 e. The lowest BCUT2D eigenvalue weighted by molar-refractivity contribution is 0.596. The van der Waals surface area contributed by atoms with Crippen molar-refractivity contribution in [1.82, 2.24) is 4.98 Å². The standard InChI is InChI=1S/C35H35NS2/c1-20(2)16-27-22(4)37-30-13-12-24(18-28(27)30)34-21(3)32-31(38-34)14-15-36-33(32)25-17-23-10-8-9-11-26(23)29(19-25)35(5,6)7/h8-15,17-20H,16H2,1-7H3. The third-order valence-corrected chi connectivity index (χ3v) is 10.1. The minimum absolute atomic E-state index is 0.0418. The monoisotopic (exact) mass is 533 g/mol. The van der Waals surface area contributed by atoms with E-state index in [-0.39, 0.29) is 5.41 Å². The van der Waals surface area contributed by atoms with Gasteiger partial charge in [-0.2, -0.15) is 0 Å². The molecule has 38 heavy (non-hydrogen) atoms. The van der Waals surface area contributed by atoms with Crippen LogP contribution in [0.4, 0.5) is 0 Å². The van der Waals surface area contributed by atoms with Crippen molar-refractivity contribution in [2.24, 2.45) is 5.92 Å². The lowest BCUT2D eigenvalue weighted by Gasteiger charge is -2.23. The number of hydrogen-bond acceptors (Lipinski definition) is 3. The zero-order chi connectivity index (χ0) is 26.8. The number of fused-ring (bicyclic) bond motifs is 3. The molecule has 0 aliphatic rings. The van der Waals surface area contributed by atoms with Crippen LogP contribution in [-0.4, -0.2) is 4.98 Å². The number of pyridine rings is 1. The maximum atomic E-state index is 4.98. The summed E-state index contributed by atoms with van der Waals surface area (Å²) in [6, 6.07) is 22.7. The minimum Gasteiger partial charge on any atom is -0.256 e. The van der Waals surface area contributed by atoms with E-state index >= 15 is 0 Å². The first-order valence-electron chi connectivity index (χ1n) is 13.6. The SMILES string of the molecule is Cc1sc2ccc(-c3sc4ccnc(-c5cc(C(C)(C)C)c6ccccc6c5)c4c3C)cc2c1CC(C)C. The molecule has 1 nitrogen and oxygen atoms in total. The van der Waals surface area contributed by atoms with Gasteiger partial charge in [0.25, 0.3) is 0 Å². The molecule has 0 fully saturated rings. The van der Waals surface area contributed by atoms with Gasteiger partial charge in [-0.1, -0.05) is 65.0 Å². The Morgan fingerprint density at radius 2 is 1.61 bits per heavy atom. The summed E-state index contributed by atoms with van der Waals surface area (Å²) >= 11 is 3.83. The fraction of sp³-hybridized carbons (Fsp3) is 0.286. The van der Waals surface area contributed by atoms with E-state index in [9.17, 15) is 0 Å². The van der Waals surface area contributed by atoms with Crippen molar-refractivity contribution >= 4 is 53.6 Å². The average molecular weight is 534 g/mol. The molecule has 6 rings (SSSR count). The molecule has 3 heteroatoms. The predicted molar refractivity (Wildman–Crippen MR) is 170 cm³/mol. The number of hydrogen-bond donors (Lipinski definition) is 0. The summed E-state index contributed by atoms with van der Waals surface area (Å²) in [6.07, 6.45) is 3.11. The number of benzene rings is 3. The first-order valence-corrected chi connectivity index (χ1v) is 15.2. The van der Waals surface area contributed by atoms with Crippen LogP contribution in [0.15, 0.2) is 66.9 Å². The molecule has 3 aromatic heterocycles. The number of thiophene rings is 2. The van der Waals surface area contributed by atoms with E-state index in [1.165, 1.54) is 68.5 Å². The highest BCUT2D eigenvalue weighted by Gasteiger charge is 2.21. The van der Waals surface area contributed by atoms with E-state index in [0.717, 1.165) is 12.1 Å². The van der Waals surface area contributed by atoms with Crippen molar-refractivity contribution in [3.05, 3.63) is 88.4 Å². The second kappa shape index (κ2) is 9.32. The van der Waals surface area contributed by atoms with Gasteiger partial charge in [-0.15, -0.1) is 22.7 Å². The fourth-order valence-electron chi connectivity index (χ4n) is 5.83. The van der Waals surface area contributed by atoms with Crippen molar-refractivity contribution in [3.8, 4) is 21.7 Å².